The van der Waals surface area contributed by atoms with E-state index in [0.717, 1.165) is 17.9 Å². The van der Waals surface area contributed by atoms with E-state index in [9.17, 15) is 4.79 Å². The monoisotopic (exact) mass is 319 g/mol. The zero-order chi connectivity index (χ0) is 14.7. The number of hydrogen-bond donors (Lipinski definition) is 1. The topological polar surface area (TPSA) is 38.3 Å². The fourth-order valence-electron chi connectivity index (χ4n) is 2.22. The zero-order valence-corrected chi connectivity index (χ0v) is 13.5. The first-order chi connectivity index (χ1) is 10.3. The maximum absolute atomic E-state index is 12.1. The number of amides is 1. The molecule has 110 valence electrons. The van der Waals surface area contributed by atoms with E-state index in [2.05, 4.69) is 17.4 Å². The lowest BCUT2D eigenvalue weighted by molar-refractivity contribution is 0.0948. The fraction of sp³-hybridized carbons (Fsp3) is 0.312. The van der Waals surface area contributed by atoms with Crippen molar-refractivity contribution in [2.75, 3.05) is 19.8 Å². The van der Waals surface area contributed by atoms with Crippen LogP contribution in [-0.2, 0) is 4.74 Å². The Bertz CT molecular complexity index is 760. The molecule has 0 bridgehead atoms. The van der Waals surface area contributed by atoms with Gasteiger partial charge >= 0.3 is 0 Å². The predicted octanol–water partition coefficient (Wildman–Crippen LogP) is 4.27. The summed E-state index contributed by atoms with van der Waals surface area (Å²) in [7, 11) is 0. The van der Waals surface area contributed by atoms with E-state index in [1.165, 1.54) is 19.5 Å². The summed E-state index contributed by atoms with van der Waals surface area (Å²) in [5, 5.41) is 4.20. The minimum absolute atomic E-state index is 0.0176. The molecule has 1 aromatic carbocycles. The van der Waals surface area contributed by atoms with Gasteiger partial charge in [0.25, 0.3) is 5.91 Å². The summed E-state index contributed by atoms with van der Waals surface area (Å²) in [4.78, 5) is 12.9. The molecule has 0 aliphatic rings. The van der Waals surface area contributed by atoms with Gasteiger partial charge in [0.15, 0.2) is 0 Å². The van der Waals surface area contributed by atoms with Crippen LogP contribution in [-0.4, -0.2) is 25.7 Å². The summed E-state index contributed by atoms with van der Waals surface area (Å²) >= 11 is 3.32. The van der Waals surface area contributed by atoms with Gasteiger partial charge in [0, 0.05) is 34.5 Å². The van der Waals surface area contributed by atoms with Gasteiger partial charge in [-0.05, 0) is 25.5 Å². The summed E-state index contributed by atoms with van der Waals surface area (Å²) in [6.45, 7) is 4.05. The Morgan fingerprint density at radius 3 is 2.95 bits per heavy atom. The maximum atomic E-state index is 12.1. The summed E-state index contributed by atoms with van der Waals surface area (Å²) in [6.07, 6.45) is 0.849. The third-order valence-corrected chi connectivity index (χ3v) is 5.64. The Hall–Kier alpha value is -1.43. The second-order valence-corrected chi connectivity index (χ2v) is 6.84. The van der Waals surface area contributed by atoms with Crippen molar-refractivity contribution >= 4 is 48.1 Å². The van der Waals surface area contributed by atoms with Crippen molar-refractivity contribution in [1.29, 1.82) is 0 Å². The molecule has 5 heteroatoms. The molecule has 0 radical (unpaired) electrons. The van der Waals surface area contributed by atoms with Crippen molar-refractivity contribution in [3.8, 4) is 0 Å². The number of thiophene rings is 2. The quantitative estimate of drug-likeness (QED) is 0.689. The molecule has 2 aromatic heterocycles. The zero-order valence-electron chi connectivity index (χ0n) is 11.8. The normalized spacial score (nSPS) is 11.3. The molecule has 0 unspecified atom stereocenters. The van der Waals surface area contributed by atoms with Gasteiger partial charge in [0.1, 0.15) is 0 Å². The molecule has 0 spiro atoms. The molecule has 1 N–H and O–H groups in total. The predicted molar refractivity (Wildman–Crippen MR) is 90.7 cm³/mol. The van der Waals surface area contributed by atoms with Crippen molar-refractivity contribution in [2.24, 2.45) is 0 Å². The highest BCUT2D eigenvalue weighted by atomic mass is 32.1. The molecule has 3 aromatic rings. The highest BCUT2D eigenvalue weighted by molar-refractivity contribution is 7.33. The molecule has 0 saturated carbocycles. The van der Waals surface area contributed by atoms with Crippen LogP contribution in [0.25, 0.3) is 19.5 Å². The molecule has 1 amide bonds. The maximum Gasteiger partial charge on any atom is 0.261 e. The van der Waals surface area contributed by atoms with Crippen LogP contribution in [0.1, 0.15) is 23.0 Å². The number of rotatable bonds is 6. The van der Waals surface area contributed by atoms with Crippen LogP contribution in [0.4, 0.5) is 0 Å². The van der Waals surface area contributed by atoms with Gasteiger partial charge in [-0.15, -0.1) is 22.7 Å². The van der Waals surface area contributed by atoms with Crippen LogP contribution in [0.3, 0.4) is 0 Å². The standard InChI is InChI=1S/C16H17NO2S2/c1-2-19-9-5-8-17-16(18)14-10-13-15(21-14)11-6-3-4-7-12(11)20-13/h3-4,6-7,10H,2,5,8-9H2,1H3,(H,17,18). The minimum atomic E-state index is 0.0176. The number of carbonyl (C=O) groups excluding carboxylic acids is 1. The number of ether oxygens (including phenoxy) is 1. The molecule has 0 aliphatic carbocycles. The smallest absolute Gasteiger partial charge is 0.261 e. The Balaban J connectivity index is 1.71. The molecule has 0 aliphatic heterocycles. The van der Waals surface area contributed by atoms with E-state index < -0.39 is 0 Å². The largest absolute Gasteiger partial charge is 0.382 e. The summed E-state index contributed by atoms with van der Waals surface area (Å²) in [5.74, 6) is 0.0176. The lowest BCUT2D eigenvalue weighted by Gasteiger charge is -2.03. The van der Waals surface area contributed by atoms with E-state index >= 15 is 0 Å². The molecule has 2 heterocycles. The highest BCUT2D eigenvalue weighted by Crippen LogP contribution is 2.39. The minimum Gasteiger partial charge on any atom is -0.382 e. The van der Waals surface area contributed by atoms with Crippen molar-refractivity contribution in [3.63, 3.8) is 0 Å². The molecule has 3 nitrogen and oxygen atoms in total. The van der Waals surface area contributed by atoms with Gasteiger partial charge in [0.05, 0.1) is 9.58 Å². The van der Waals surface area contributed by atoms with E-state index in [-0.39, 0.29) is 5.91 Å². The number of carbonyl (C=O) groups is 1. The van der Waals surface area contributed by atoms with Crippen LogP contribution in [0.5, 0.6) is 0 Å². The first-order valence-corrected chi connectivity index (χ1v) is 8.70. The molecule has 0 saturated heterocycles. The molecule has 0 atom stereocenters. The van der Waals surface area contributed by atoms with E-state index in [1.807, 2.05) is 25.1 Å². The average Bonchev–Trinajstić information content (AvgIpc) is 3.04. The van der Waals surface area contributed by atoms with E-state index in [4.69, 9.17) is 4.74 Å². The second-order valence-electron chi connectivity index (χ2n) is 4.71. The van der Waals surface area contributed by atoms with Gasteiger partial charge in [0.2, 0.25) is 0 Å². The Morgan fingerprint density at radius 1 is 1.24 bits per heavy atom. The van der Waals surface area contributed by atoms with Crippen LogP contribution >= 0.6 is 22.7 Å². The van der Waals surface area contributed by atoms with Crippen molar-refractivity contribution in [3.05, 3.63) is 35.2 Å². The third-order valence-electron chi connectivity index (χ3n) is 3.23. The van der Waals surface area contributed by atoms with Gasteiger partial charge in [-0.1, -0.05) is 18.2 Å². The second kappa shape index (κ2) is 6.56. The van der Waals surface area contributed by atoms with Crippen LogP contribution in [0, 0.1) is 0 Å². The SMILES string of the molecule is CCOCCCNC(=O)c1cc2sc3ccccc3c2s1. The number of fused-ring (bicyclic) bond motifs is 3. The van der Waals surface area contributed by atoms with Crippen LogP contribution in [0.2, 0.25) is 0 Å². The van der Waals surface area contributed by atoms with Crippen LogP contribution < -0.4 is 5.32 Å². The molecular formula is C16H17NO2S2. The highest BCUT2D eigenvalue weighted by Gasteiger charge is 2.13. The van der Waals surface area contributed by atoms with E-state index in [1.54, 1.807) is 22.7 Å². The van der Waals surface area contributed by atoms with Crippen LogP contribution in [0.15, 0.2) is 30.3 Å². The summed E-state index contributed by atoms with van der Waals surface area (Å²) in [6, 6.07) is 10.3. The molecule has 21 heavy (non-hydrogen) atoms. The third kappa shape index (κ3) is 3.10. The number of hydrogen-bond acceptors (Lipinski definition) is 4. The fourth-order valence-corrected chi connectivity index (χ4v) is 4.66. The lowest BCUT2D eigenvalue weighted by Crippen LogP contribution is -2.24. The average molecular weight is 319 g/mol. The van der Waals surface area contributed by atoms with Crippen molar-refractivity contribution in [1.82, 2.24) is 5.32 Å². The van der Waals surface area contributed by atoms with Gasteiger partial charge in [-0.3, -0.25) is 4.79 Å². The Morgan fingerprint density at radius 2 is 2.10 bits per heavy atom. The van der Waals surface area contributed by atoms with Gasteiger partial charge < -0.3 is 10.1 Å². The van der Waals surface area contributed by atoms with Crippen molar-refractivity contribution in [2.45, 2.75) is 13.3 Å². The summed E-state index contributed by atoms with van der Waals surface area (Å²) < 4.78 is 8.95. The first-order valence-electron chi connectivity index (χ1n) is 7.06. The van der Waals surface area contributed by atoms with Gasteiger partial charge in [-0.25, -0.2) is 0 Å². The molecule has 0 fully saturated rings. The molecule has 3 rings (SSSR count). The molecular weight excluding hydrogens is 302 g/mol. The summed E-state index contributed by atoms with van der Waals surface area (Å²) in [5.41, 5.74) is 0. The van der Waals surface area contributed by atoms with Crippen molar-refractivity contribution < 1.29 is 9.53 Å². The van der Waals surface area contributed by atoms with Gasteiger partial charge in [-0.2, -0.15) is 0 Å². The lowest BCUT2D eigenvalue weighted by atomic mass is 10.2. The number of nitrogens with one attached hydrogen (secondary N) is 1. The number of benzene rings is 1. The Kier molecular flexibility index (Phi) is 4.53. The first kappa shape index (κ1) is 14.5. The Labute approximate surface area is 131 Å². The van der Waals surface area contributed by atoms with E-state index in [0.29, 0.717) is 13.2 Å².